The molecule has 0 saturated carbocycles. The fourth-order valence-electron chi connectivity index (χ4n) is 2.62. The Bertz CT molecular complexity index is 1010. The smallest absolute Gasteiger partial charge is 0.143 e. The Balaban J connectivity index is 1.84. The van der Waals surface area contributed by atoms with Crippen molar-refractivity contribution in [3.8, 4) is 11.1 Å². The van der Waals surface area contributed by atoms with Crippen molar-refractivity contribution in [2.45, 2.75) is 6.92 Å². The number of nitrogens with zero attached hydrogens (tertiary/aromatic N) is 2. The van der Waals surface area contributed by atoms with E-state index < -0.39 is 0 Å². The predicted molar refractivity (Wildman–Crippen MR) is 97.3 cm³/mol. The van der Waals surface area contributed by atoms with Crippen LogP contribution in [0.2, 0.25) is 0 Å². The number of hydrogen-bond acceptors (Lipinski definition) is 4. The summed E-state index contributed by atoms with van der Waals surface area (Å²) in [5.74, 6) is 0.400. The number of thiophene rings is 1. The number of aromatic nitrogens is 2. The number of hydrogen-bond donors (Lipinski definition) is 1. The fourth-order valence-corrected chi connectivity index (χ4v) is 3.53. The monoisotopic (exact) mass is 335 g/mol. The van der Waals surface area contributed by atoms with Gasteiger partial charge in [-0.1, -0.05) is 35.9 Å². The zero-order valence-corrected chi connectivity index (χ0v) is 13.8. The van der Waals surface area contributed by atoms with Gasteiger partial charge in [-0.25, -0.2) is 14.4 Å². The highest BCUT2D eigenvalue weighted by Crippen LogP contribution is 2.37. The summed E-state index contributed by atoms with van der Waals surface area (Å²) in [4.78, 5) is 9.63. The minimum Gasteiger partial charge on any atom is -0.339 e. The predicted octanol–water partition coefficient (Wildman–Crippen LogP) is 5.55. The lowest BCUT2D eigenvalue weighted by molar-refractivity contribution is 0.628. The first-order valence-electron chi connectivity index (χ1n) is 7.52. The molecule has 2 heterocycles. The van der Waals surface area contributed by atoms with Crippen molar-refractivity contribution in [3.05, 3.63) is 71.6 Å². The highest BCUT2D eigenvalue weighted by molar-refractivity contribution is 7.17. The van der Waals surface area contributed by atoms with Gasteiger partial charge in [0.1, 0.15) is 22.8 Å². The summed E-state index contributed by atoms with van der Waals surface area (Å²) >= 11 is 1.58. The molecule has 2 aromatic carbocycles. The number of benzene rings is 2. The molecule has 0 spiro atoms. The SMILES string of the molecule is Cc1ccc(-c2csc3ncnc(Nc4cccc(F)c4)c23)cc1. The third-order valence-electron chi connectivity index (χ3n) is 3.82. The number of anilines is 2. The summed E-state index contributed by atoms with van der Waals surface area (Å²) < 4.78 is 13.4. The average Bonchev–Trinajstić information content (AvgIpc) is 3.01. The average molecular weight is 335 g/mol. The van der Waals surface area contributed by atoms with Gasteiger partial charge in [-0.3, -0.25) is 0 Å². The summed E-state index contributed by atoms with van der Waals surface area (Å²) in [6, 6.07) is 14.7. The second kappa shape index (κ2) is 6.02. The summed E-state index contributed by atoms with van der Waals surface area (Å²) in [6.45, 7) is 2.07. The number of aryl methyl sites for hydroxylation is 1. The van der Waals surface area contributed by atoms with Crippen molar-refractivity contribution in [1.29, 1.82) is 0 Å². The van der Waals surface area contributed by atoms with Crippen LogP contribution in [-0.2, 0) is 0 Å². The Morgan fingerprint density at radius 2 is 1.88 bits per heavy atom. The first kappa shape index (κ1) is 14.8. The molecular weight excluding hydrogens is 321 g/mol. The molecule has 5 heteroatoms. The minimum absolute atomic E-state index is 0.283. The van der Waals surface area contributed by atoms with Crippen LogP contribution in [0.4, 0.5) is 15.9 Å². The molecule has 4 aromatic rings. The summed E-state index contributed by atoms with van der Waals surface area (Å²) in [5.41, 5.74) is 4.07. The second-order valence-electron chi connectivity index (χ2n) is 5.55. The molecular formula is C19H14FN3S. The number of halogens is 1. The van der Waals surface area contributed by atoms with Crippen LogP contribution in [0, 0.1) is 12.7 Å². The van der Waals surface area contributed by atoms with Gasteiger partial charge >= 0.3 is 0 Å². The normalized spacial score (nSPS) is 10.9. The van der Waals surface area contributed by atoms with E-state index >= 15 is 0 Å². The van der Waals surface area contributed by atoms with Crippen molar-refractivity contribution in [2.24, 2.45) is 0 Å². The Kier molecular flexibility index (Phi) is 3.70. The largest absolute Gasteiger partial charge is 0.339 e. The van der Waals surface area contributed by atoms with Gasteiger partial charge in [0, 0.05) is 16.6 Å². The standard InChI is InChI=1S/C19H14FN3S/c1-12-5-7-13(8-6-12)16-10-24-19-17(16)18(21-11-22-19)23-15-4-2-3-14(20)9-15/h2-11H,1H3,(H,21,22,23). The molecule has 2 aromatic heterocycles. The van der Waals surface area contributed by atoms with E-state index in [9.17, 15) is 4.39 Å². The van der Waals surface area contributed by atoms with E-state index in [1.165, 1.54) is 24.0 Å². The molecule has 0 aliphatic rings. The van der Waals surface area contributed by atoms with Crippen LogP contribution >= 0.6 is 11.3 Å². The van der Waals surface area contributed by atoms with Crippen molar-refractivity contribution >= 4 is 33.1 Å². The van der Waals surface area contributed by atoms with Gasteiger partial charge in [-0.05, 0) is 30.7 Å². The van der Waals surface area contributed by atoms with Gasteiger partial charge in [0.05, 0.1) is 5.39 Å². The van der Waals surface area contributed by atoms with Crippen LogP contribution in [0.15, 0.2) is 60.2 Å². The van der Waals surface area contributed by atoms with Crippen LogP contribution in [0.1, 0.15) is 5.56 Å². The Morgan fingerprint density at radius 3 is 2.67 bits per heavy atom. The van der Waals surface area contributed by atoms with Gasteiger partial charge in [0.25, 0.3) is 0 Å². The molecule has 0 radical (unpaired) electrons. The zero-order chi connectivity index (χ0) is 16.5. The lowest BCUT2D eigenvalue weighted by Gasteiger charge is -2.08. The molecule has 4 rings (SSSR count). The first-order chi connectivity index (χ1) is 11.7. The number of nitrogens with one attached hydrogen (secondary N) is 1. The van der Waals surface area contributed by atoms with Crippen molar-refractivity contribution < 1.29 is 4.39 Å². The van der Waals surface area contributed by atoms with Crippen molar-refractivity contribution in [1.82, 2.24) is 9.97 Å². The third-order valence-corrected chi connectivity index (χ3v) is 4.71. The first-order valence-corrected chi connectivity index (χ1v) is 8.40. The van der Waals surface area contributed by atoms with Gasteiger partial charge in [0.15, 0.2) is 0 Å². The van der Waals surface area contributed by atoms with E-state index in [0.717, 1.165) is 21.3 Å². The van der Waals surface area contributed by atoms with Crippen LogP contribution in [-0.4, -0.2) is 9.97 Å². The Labute approximate surface area is 142 Å². The highest BCUT2D eigenvalue weighted by atomic mass is 32.1. The van der Waals surface area contributed by atoms with Crippen LogP contribution in [0.5, 0.6) is 0 Å². The van der Waals surface area contributed by atoms with E-state index in [0.29, 0.717) is 11.5 Å². The summed E-state index contributed by atoms with van der Waals surface area (Å²) in [7, 11) is 0. The molecule has 1 N–H and O–H groups in total. The molecule has 0 amide bonds. The minimum atomic E-state index is -0.283. The molecule has 3 nitrogen and oxygen atoms in total. The lowest BCUT2D eigenvalue weighted by Crippen LogP contribution is -1.96. The third kappa shape index (κ3) is 2.74. The number of fused-ring (bicyclic) bond motifs is 1. The van der Waals surface area contributed by atoms with Gasteiger partial charge in [0.2, 0.25) is 0 Å². The molecule has 0 bridgehead atoms. The maximum absolute atomic E-state index is 13.4. The Hall–Kier alpha value is -2.79. The summed E-state index contributed by atoms with van der Waals surface area (Å²) in [5, 5.41) is 6.25. The lowest BCUT2D eigenvalue weighted by atomic mass is 10.0. The van der Waals surface area contributed by atoms with Crippen molar-refractivity contribution in [3.63, 3.8) is 0 Å². The molecule has 24 heavy (non-hydrogen) atoms. The summed E-state index contributed by atoms with van der Waals surface area (Å²) in [6.07, 6.45) is 1.53. The Morgan fingerprint density at radius 1 is 1.04 bits per heavy atom. The van der Waals surface area contributed by atoms with E-state index in [1.54, 1.807) is 17.4 Å². The maximum atomic E-state index is 13.4. The van der Waals surface area contributed by atoms with Crippen molar-refractivity contribution in [2.75, 3.05) is 5.32 Å². The van der Waals surface area contributed by atoms with E-state index in [-0.39, 0.29) is 5.82 Å². The van der Waals surface area contributed by atoms with Gasteiger partial charge < -0.3 is 5.32 Å². The maximum Gasteiger partial charge on any atom is 0.143 e. The molecule has 118 valence electrons. The van der Waals surface area contributed by atoms with Crippen LogP contribution in [0.3, 0.4) is 0 Å². The highest BCUT2D eigenvalue weighted by Gasteiger charge is 2.13. The second-order valence-corrected chi connectivity index (χ2v) is 6.41. The van der Waals surface area contributed by atoms with E-state index in [2.05, 4.69) is 51.9 Å². The quantitative estimate of drug-likeness (QED) is 0.533. The molecule has 0 atom stereocenters. The van der Waals surface area contributed by atoms with E-state index in [4.69, 9.17) is 0 Å². The number of rotatable bonds is 3. The van der Waals surface area contributed by atoms with Crippen LogP contribution in [0.25, 0.3) is 21.3 Å². The fraction of sp³-hybridized carbons (Fsp3) is 0.0526. The molecule has 0 unspecified atom stereocenters. The van der Waals surface area contributed by atoms with E-state index in [1.807, 2.05) is 6.07 Å². The molecule has 0 fully saturated rings. The van der Waals surface area contributed by atoms with Gasteiger partial charge in [-0.15, -0.1) is 11.3 Å². The van der Waals surface area contributed by atoms with Gasteiger partial charge in [-0.2, -0.15) is 0 Å². The molecule has 0 aliphatic heterocycles. The topological polar surface area (TPSA) is 37.8 Å². The van der Waals surface area contributed by atoms with Crippen LogP contribution < -0.4 is 5.32 Å². The molecule has 0 aliphatic carbocycles. The molecule has 0 saturated heterocycles. The zero-order valence-electron chi connectivity index (χ0n) is 13.0.